The Labute approximate surface area is 105 Å². The molecule has 0 amide bonds. The molecule has 0 saturated carbocycles. The van der Waals surface area contributed by atoms with Gasteiger partial charge in [-0.1, -0.05) is 38.1 Å². The van der Waals surface area contributed by atoms with Crippen LogP contribution in [0, 0.1) is 0 Å². The van der Waals surface area contributed by atoms with Gasteiger partial charge in [-0.3, -0.25) is 0 Å². The van der Waals surface area contributed by atoms with Crippen LogP contribution >= 0.6 is 0 Å². The van der Waals surface area contributed by atoms with E-state index in [4.69, 9.17) is 0 Å². The predicted octanol–water partition coefficient (Wildman–Crippen LogP) is 2.30. The summed E-state index contributed by atoms with van der Waals surface area (Å²) in [6.45, 7) is 7.82. The van der Waals surface area contributed by atoms with Crippen LogP contribution in [0.2, 0.25) is 0 Å². The molecule has 1 fully saturated rings. The molecule has 1 aromatic rings. The molecule has 2 N–H and O–H groups in total. The molecule has 2 rings (SSSR count). The van der Waals surface area contributed by atoms with Crippen molar-refractivity contribution in [2.75, 3.05) is 19.6 Å². The van der Waals surface area contributed by atoms with E-state index in [9.17, 15) is 0 Å². The average Bonchev–Trinajstić information content (AvgIpc) is 2.40. The Balaban J connectivity index is 1.93. The molecule has 1 heterocycles. The summed E-state index contributed by atoms with van der Waals surface area (Å²) in [4.78, 5) is 0. The van der Waals surface area contributed by atoms with Gasteiger partial charge in [0.15, 0.2) is 0 Å². The zero-order valence-electron chi connectivity index (χ0n) is 11.0. The van der Waals surface area contributed by atoms with Crippen LogP contribution < -0.4 is 10.6 Å². The van der Waals surface area contributed by atoms with Crippen LogP contribution in [0.4, 0.5) is 0 Å². The lowest BCUT2D eigenvalue weighted by atomic mass is 9.96. The topological polar surface area (TPSA) is 24.1 Å². The Morgan fingerprint density at radius 2 is 2.00 bits per heavy atom. The van der Waals surface area contributed by atoms with Crippen molar-refractivity contribution in [3.63, 3.8) is 0 Å². The minimum atomic E-state index is 0.596. The molecule has 1 aliphatic heterocycles. The molecule has 0 spiro atoms. The van der Waals surface area contributed by atoms with E-state index < -0.39 is 0 Å². The molecular formula is C15H24N2. The number of hydrogen-bond acceptors (Lipinski definition) is 2. The van der Waals surface area contributed by atoms with E-state index in [1.807, 2.05) is 0 Å². The highest BCUT2D eigenvalue weighted by molar-refractivity contribution is 5.25. The minimum absolute atomic E-state index is 0.596. The summed E-state index contributed by atoms with van der Waals surface area (Å²) >= 11 is 0. The Bertz CT molecular complexity index is 325. The zero-order chi connectivity index (χ0) is 12.1. The lowest BCUT2D eigenvalue weighted by Crippen LogP contribution is -2.49. The van der Waals surface area contributed by atoms with Gasteiger partial charge in [0.05, 0.1) is 0 Å². The number of hydrogen-bond donors (Lipinski definition) is 2. The second-order valence-electron chi connectivity index (χ2n) is 5.11. The van der Waals surface area contributed by atoms with Crippen molar-refractivity contribution in [2.24, 2.45) is 0 Å². The molecule has 0 radical (unpaired) electrons. The van der Waals surface area contributed by atoms with Gasteiger partial charge in [-0.15, -0.1) is 0 Å². The highest BCUT2D eigenvalue weighted by atomic mass is 15.0. The number of rotatable bonds is 4. The molecule has 17 heavy (non-hydrogen) atoms. The highest BCUT2D eigenvalue weighted by Gasteiger charge is 2.12. The van der Waals surface area contributed by atoms with Crippen LogP contribution in [0.5, 0.6) is 0 Å². The smallest absolute Gasteiger partial charge is 0.0233 e. The van der Waals surface area contributed by atoms with Gasteiger partial charge >= 0.3 is 0 Å². The minimum Gasteiger partial charge on any atom is -0.314 e. The van der Waals surface area contributed by atoms with E-state index in [1.54, 1.807) is 0 Å². The third-order valence-electron chi connectivity index (χ3n) is 3.77. The third kappa shape index (κ3) is 3.55. The van der Waals surface area contributed by atoms with Gasteiger partial charge in [-0.25, -0.2) is 0 Å². The fourth-order valence-corrected chi connectivity index (χ4v) is 2.36. The molecule has 2 nitrogen and oxygen atoms in total. The van der Waals surface area contributed by atoms with E-state index in [2.05, 4.69) is 48.7 Å². The first-order valence-corrected chi connectivity index (χ1v) is 6.82. The summed E-state index contributed by atoms with van der Waals surface area (Å²) in [7, 11) is 0. The fourth-order valence-electron chi connectivity index (χ4n) is 2.36. The first-order chi connectivity index (χ1) is 8.29. The van der Waals surface area contributed by atoms with Gasteiger partial charge in [-0.2, -0.15) is 0 Å². The van der Waals surface area contributed by atoms with Gasteiger partial charge in [0.2, 0.25) is 0 Å². The summed E-state index contributed by atoms with van der Waals surface area (Å²) in [5.41, 5.74) is 2.91. The van der Waals surface area contributed by atoms with Crippen molar-refractivity contribution < 1.29 is 0 Å². The SMILES string of the molecule is CCC(C)c1ccc(CC2CNCCN2)cc1. The van der Waals surface area contributed by atoms with E-state index in [0.717, 1.165) is 26.1 Å². The van der Waals surface area contributed by atoms with Crippen molar-refractivity contribution >= 4 is 0 Å². The summed E-state index contributed by atoms with van der Waals surface area (Å²) in [6, 6.07) is 9.76. The standard InChI is InChI=1S/C15H24N2/c1-3-12(2)14-6-4-13(5-7-14)10-15-11-16-8-9-17-15/h4-7,12,15-17H,3,8-11H2,1-2H3. The summed E-state index contributed by atoms with van der Waals surface area (Å²) in [5, 5.41) is 6.98. The number of nitrogens with one attached hydrogen (secondary N) is 2. The highest BCUT2D eigenvalue weighted by Crippen LogP contribution is 2.19. The van der Waals surface area contributed by atoms with Crippen LogP contribution in [0.25, 0.3) is 0 Å². The third-order valence-corrected chi connectivity index (χ3v) is 3.77. The van der Waals surface area contributed by atoms with Gasteiger partial charge in [0, 0.05) is 25.7 Å². The number of benzene rings is 1. The normalized spacial score (nSPS) is 22.4. The first kappa shape index (κ1) is 12.6. The fraction of sp³-hybridized carbons (Fsp3) is 0.600. The van der Waals surface area contributed by atoms with E-state index in [1.165, 1.54) is 17.5 Å². The molecule has 2 atom stereocenters. The lowest BCUT2D eigenvalue weighted by molar-refractivity contribution is 0.416. The van der Waals surface area contributed by atoms with Crippen LogP contribution in [0.3, 0.4) is 0 Å². The van der Waals surface area contributed by atoms with Crippen LogP contribution in [0.15, 0.2) is 24.3 Å². The van der Waals surface area contributed by atoms with Crippen molar-refractivity contribution in [1.29, 1.82) is 0 Å². The molecule has 2 unspecified atom stereocenters. The molecule has 0 bridgehead atoms. The van der Waals surface area contributed by atoms with Crippen LogP contribution in [0.1, 0.15) is 37.3 Å². The second kappa shape index (κ2) is 6.18. The van der Waals surface area contributed by atoms with Gasteiger partial charge < -0.3 is 10.6 Å². The first-order valence-electron chi connectivity index (χ1n) is 6.82. The molecule has 1 saturated heterocycles. The molecule has 2 heteroatoms. The molecule has 0 aliphatic carbocycles. The van der Waals surface area contributed by atoms with Gasteiger partial charge in [-0.05, 0) is 29.9 Å². The van der Waals surface area contributed by atoms with Crippen molar-refractivity contribution in [1.82, 2.24) is 10.6 Å². The zero-order valence-corrected chi connectivity index (χ0v) is 11.0. The Morgan fingerprint density at radius 1 is 1.24 bits per heavy atom. The lowest BCUT2D eigenvalue weighted by Gasteiger charge is -2.24. The Morgan fingerprint density at radius 3 is 2.59 bits per heavy atom. The maximum atomic E-state index is 3.55. The molecule has 0 aromatic heterocycles. The summed E-state index contributed by atoms with van der Waals surface area (Å²) in [5.74, 6) is 0.679. The average molecular weight is 232 g/mol. The Kier molecular flexibility index (Phi) is 4.57. The predicted molar refractivity (Wildman–Crippen MR) is 73.5 cm³/mol. The Hall–Kier alpha value is -0.860. The summed E-state index contributed by atoms with van der Waals surface area (Å²) < 4.78 is 0. The van der Waals surface area contributed by atoms with E-state index in [0.29, 0.717) is 12.0 Å². The van der Waals surface area contributed by atoms with Crippen LogP contribution in [-0.2, 0) is 6.42 Å². The maximum Gasteiger partial charge on any atom is 0.0233 e. The quantitative estimate of drug-likeness (QED) is 0.832. The molecule has 1 aliphatic rings. The van der Waals surface area contributed by atoms with Gasteiger partial charge in [0.25, 0.3) is 0 Å². The molecule has 94 valence electrons. The van der Waals surface area contributed by atoms with Crippen molar-refractivity contribution in [3.05, 3.63) is 35.4 Å². The second-order valence-corrected chi connectivity index (χ2v) is 5.11. The van der Waals surface area contributed by atoms with E-state index >= 15 is 0 Å². The van der Waals surface area contributed by atoms with E-state index in [-0.39, 0.29) is 0 Å². The van der Waals surface area contributed by atoms with Gasteiger partial charge in [0.1, 0.15) is 0 Å². The summed E-state index contributed by atoms with van der Waals surface area (Å²) in [6.07, 6.45) is 2.35. The molecular weight excluding hydrogens is 208 g/mol. The largest absolute Gasteiger partial charge is 0.314 e. The number of piperazine rings is 1. The van der Waals surface area contributed by atoms with Crippen LogP contribution in [-0.4, -0.2) is 25.7 Å². The monoisotopic (exact) mass is 232 g/mol. The molecule has 1 aromatic carbocycles. The van der Waals surface area contributed by atoms with Crippen molar-refractivity contribution in [2.45, 2.75) is 38.6 Å². The van der Waals surface area contributed by atoms with Crippen molar-refractivity contribution in [3.8, 4) is 0 Å². The maximum absolute atomic E-state index is 3.55.